The fourth-order valence-corrected chi connectivity index (χ4v) is 3.60. The molecule has 2 heteroatoms. The molecule has 1 aliphatic rings. The van der Waals surface area contributed by atoms with Crippen LogP contribution in [0.1, 0.15) is 45.4 Å². The van der Waals surface area contributed by atoms with Crippen molar-refractivity contribution in [3.63, 3.8) is 0 Å². The third kappa shape index (κ3) is 3.90. The zero-order valence-electron chi connectivity index (χ0n) is 8.80. The summed E-state index contributed by atoms with van der Waals surface area (Å²) in [6.45, 7) is 3.17. The van der Waals surface area contributed by atoms with E-state index in [9.17, 15) is 0 Å². The van der Waals surface area contributed by atoms with Crippen LogP contribution in [0.25, 0.3) is 0 Å². The second kappa shape index (κ2) is 6.72. The molecule has 1 fully saturated rings. The van der Waals surface area contributed by atoms with E-state index >= 15 is 0 Å². The zero-order valence-corrected chi connectivity index (χ0v) is 9.61. The Labute approximate surface area is 86.8 Å². The molecule has 0 aromatic rings. The maximum absolute atomic E-state index is 5.74. The second-order valence-corrected chi connectivity index (χ2v) is 5.39. The van der Waals surface area contributed by atoms with Gasteiger partial charge in [0.15, 0.2) is 0 Å². The summed E-state index contributed by atoms with van der Waals surface area (Å²) in [6.07, 6.45) is 8.33. The van der Waals surface area contributed by atoms with Crippen LogP contribution in [0.4, 0.5) is 0 Å². The Morgan fingerprint density at radius 3 is 2.85 bits per heavy atom. The summed E-state index contributed by atoms with van der Waals surface area (Å²) >= 11 is 2.18. The zero-order chi connectivity index (χ0) is 9.52. The molecule has 13 heavy (non-hydrogen) atoms. The van der Waals surface area contributed by atoms with Gasteiger partial charge in [0.05, 0.1) is 0 Å². The minimum atomic E-state index is 0.826. The topological polar surface area (TPSA) is 26.0 Å². The largest absolute Gasteiger partial charge is 0.330 e. The average Bonchev–Trinajstić information content (AvgIpc) is 2.60. The highest BCUT2D eigenvalue weighted by molar-refractivity contribution is 7.99. The van der Waals surface area contributed by atoms with Crippen LogP contribution in [-0.4, -0.2) is 17.5 Å². The van der Waals surface area contributed by atoms with Gasteiger partial charge in [-0.05, 0) is 37.5 Å². The van der Waals surface area contributed by atoms with E-state index < -0.39 is 0 Å². The van der Waals surface area contributed by atoms with Gasteiger partial charge in [-0.25, -0.2) is 0 Å². The van der Waals surface area contributed by atoms with Crippen LogP contribution in [0.2, 0.25) is 0 Å². The van der Waals surface area contributed by atoms with E-state index in [2.05, 4.69) is 18.7 Å². The van der Waals surface area contributed by atoms with Crippen molar-refractivity contribution in [2.24, 2.45) is 11.7 Å². The van der Waals surface area contributed by atoms with E-state index in [4.69, 9.17) is 5.73 Å². The minimum absolute atomic E-state index is 0.826. The number of nitrogens with two attached hydrogens (primary N) is 1. The fourth-order valence-electron chi connectivity index (χ4n) is 2.08. The van der Waals surface area contributed by atoms with Crippen molar-refractivity contribution < 1.29 is 0 Å². The Balaban J connectivity index is 2.06. The van der Waals surface area contributed by atoms with Crippen molar-refractivity contribution in [2.75, 3.05) is 12.3 Å². The summed E-state index contributed by atoms with van der Waals surface area (Å²) in [6, 6.07) is 0. The number of thioether (sulfide) groups is 1. The quantitative estimate of drug-likeness (QED) is 0.668. The standard InChI is InChI=1S/C11H23NS/c1-2-3-4-8-13-11-7-5-6-10(11)9-12/h10-11H,2-9,12H2,1H3. The van der Waals surface area contributed by atoms with Crippen LogP contribution in [-0.2, 0) is 0 Å². The molecule has 0 radical (unpaired) electrons. The van der Waals surface area contributed by atoms with Crippen molar-refractivity contribution in [3.8, 4) is 0 Å². The summed E-state index contributed by atoms with van der Waals surface area (Å²) < 4.78 is 0. The first kappa shape index (κ1) is 11.4. The monoisotopic (exact) mass is 201 g/mol. The molecule has 0 bridgehead atoms. The summed E-state index contributed by atoms with van der Waals surface area (Å²) in [5.41, 5.74) is 5.74. The number of hydrogen-bond donors (Lipinski definition) is 1. The van der Waals surface area contributed by atoms with Gasteiger partial charge in [0.1, 0.15) is 0 Å². The maximum Gasteiger partial charge on any atom is 0.00873 e. The van der Waals surface area contributed by atoms with Gasteiger partial charge in [-0.15, -0.1) is 0 Å². The first-order chi connectivity index (χ1) is 6.38. The third-order valence-electron chi connectivity index (χ3n) is 2.97. The molecule has 2 unspecified atom stereocenters. The second-order valence-electron chi connectivity index (χ2n) is 4.04. The van der Waals surface area contributed by atoms with E-state index in [1.54, 1.807) is 0 Å². The Kier molecular flexibility index (Phi) is 5.88. The smallest absolute Gasteiger partial charge is 0.00873 e. The lowest BCUT2D eigenvalue weighted by Gasteiger charge is -2.16. The SMILES string of the molecule is CCCCCSC1CCCC1CN. The van der Waals surface area contributed by atoms with Gasteiger partial charge >= 0.3 is 0 Å². The molecule has 2 N–H and O–H groups in total. The normalized spacial score (nSPS) is 28.2. The maximum atomic E-state index is 5.74. The first-order valence-electron chi connectivity index (χ1n) is 5.70. The molecule has 1 nitrogen and oxygen atoms in total. The van der Waals surface area contributed by atoms with Crippen LogP contribution in [0.5, 0.6) is 0 Å². The molecule has 78 valence electrons. The van der Waals surface area contributed by atoms with E-state index in [1.807, 2.05) is 0 Å². The molecule has 0 amide bonds. The third-order valence-corrected chi connectivity index (χ3v) is 4.55. The lowest BCUT2D eigenvalue weighted by Crippen LogP contribution is -2.20. The molecule has 0 aliphatic heterocycles. The Bertz CT molecular complexity index is 127. The van der Waals surface area contributed by atoms with Crippen LogP contribution >= 0.6 is 11.8 Å². The van der Waals surface area contributed by atoms with Crippen LogP contribution in [0, 0.1) is 5.92 Å². The van der Waals surface area contributed by atoms with Crippen LogP contribution < -0.4 is 5.73 Å². The van der Waals surface area contributed by atoms with Gasteiger partial charge in [-0.2, -0.15) is 11.8 Å². The van der Waals surface area contributed by atoms with E-state index in [0.717, 1.165) is 17.7 Å². The highest BCUT2D eigenvalue weighted by atomic mass is 32.2. The summed E-state index contributed by atoms with van der Waals surface area (Å²) in [5.74, 6) is 2.18. The predicted octanol–water partition coefficient (Wildman–Crippen LogP) is 3.04. The highest BCUT2D eigenvalue weighted by Crippen LogP contribution is 2.34. The van der Waals surface area contributed by atoms with Gasteiger partial charge in [0.25, 0.3) is 0 Å². The molecular weight excluding hydrogens is 178 g/mol. The molecule has 0 heterocycles. The van der Waals surface area contributed by atoms with Gasteiger partial charge < -0.3 is 5.73 Å². The molecule has 1 aliphatic carbocycles. The Morgan fingerprint density at radius 2 is 2.15 bits per heavy atom. The molecule has 0 aromatic carbocycles. The molecule has 1 rings (SSSR count). The van der Waals surface area contributed by atoms with Gasteiger partial charge in [-0.3, -0.25) is 0 Å². The van der Waals surface area contributed by atoms with Crippen molar-refractivity contribution in [3.05, 3.63) is 0 Å². The Morgan fingerprint density at radius 1 is 1.31 bits per heavy atom. The molecule has 0 spiro atoms. The van der Waals surface area contributed by atoms with Crippen molar-refractivity contribution in [2.45, 2.75) is 50.7 Å². The fraction of sp³-hybridized carbons (Fsp3) is 1.00. The highest BCUT2D eigenvalue weighted by Gasteiger charge is 2.25. The van der Waals surface area contributed by atoms with Gasteiger partial charge in [0.2, 0.25) is 0 Å². The van der Waals surface area contributed by atoms with Gasteiger partial charge in [-0.1, -0.05) is 26.2 Å². The van der Waals surface area contributed by atoms with E-state index in [1.165, 1.54) is 44.3 Å². The van der Waals surface area contributed by atoms with E-state index in [0.29, 0.717) is 0 Å². The van der Waals surface area contributed by atoms with E-state index in [-0.39, 0.29) is 0 Å². The van der Waals surface area contributed by atoms with Crippen molar-refractivity contribution >= 4 is 11.8 Å². The summed E-state index contributed by atoms with van der Waals surface area (Å²) in [5, 5.41) is 0.891. The lowest BCUT2D eigenvalue weighted by atomic mass is 10.1. The summed E-state index contributed by atoms with van der Waals surface area (Å²) in [4.78, 5) is 0. The van der Waals surface area contributed by atoms with Crippen LogP contribution in [0.15, 0.2) is 0 Å². The Hall–Kier alpha value is 0.310. The number of unbranched alkanes of at least 4 members (excludes halogenated alkanes) is 2. The average molecular weight is 201 g/mol. The van der Waals surface area contributed by atoms with Crippen molar-refractivity contribution in [1.82, 2.24) is 0 Å². The molecule has 0 saturated heterocycles. The van der Waals surface area contributed by atoms with Crippen molar-refractivity contribution in [1.29, 1.82) is 0 Å². The minimum Gasteiger partial charge on any atom is -0.330 e. The molecule has 1 saturated carbocycles. The lowest BCUT2D eigenvalue weighted by molar-refractivity contribution is 0.573. The van der Waals surface area contributed by atoms with Crippen LogP contribution in [0.3, 0.4) is 0 Å². The van der Waals surface area contributed by atoms with Gasteiger partial charge in [0, 0.05) is 5.25 Å². The number of hydrogen-bond acceptors (Lipinski definition) is 2. The number of rotatable bonds is 6. The molecule has 2 atom stereocenters. The molecular formula is C11H23NS. The first-order valence-corrected chi connectivity index (χ1v) is 6.75. The molecule has 0 aromatic heterocycles. The summed E-state index contributed by atoms with van der Waals surface area (Å²) in [7, 11) is 0. The predicted molar refractivity (Wildman–Crippen MR) is 62.2 cm³/mol.